The van der Waals surface area contributed by atoms with Gasteiger partial charge in [0.1, 0.15) is 0 Å². The second kappa shape index (κ2) is 6.07. The molecule has 0 aromatic carbocycles. The standard InChI is InChI=1S/C19H24FN3O2/c20-19(5-6-19)17(25)22-12-7-18(8-13-22)4-1-11-23(16(18)24)14-15-2-9-21-10-3-15/h2-3,9-10H,1,4-8,11-14H2. The minimum atomic E-state index is -1.60. The van der Waals surface area contributed by atoms with Crippen LogP contribution in [0.2, 0.25) is 0 Å². The largest absolute Gasteiger partial charge is 0.340 e. The fourth-order valence-corrected chi connectivity index (χ4v) is 4.22. The number of piperidine rings is 2. The Bertz CT molecular complexity index is 667. The summed E-state index contributed by atoms with van der Waals surface area (Å²) in [6.45, 7) is 2.39. The number of halogens is 1. The van der Waals surface area contributed by atoms with Crippen LogP contribution in [0, 0.1) is 5.41 Å². The Morgan fingerprint density at radius 1 is 1.08 bits per heavy atom. The Kier molecular flexibility index (Phi) is 4.01. The van der Waals surface area contributed by atoms with E-state index in [1.165, 1.54) is 0 Å². The number of aromatic nitrogens is 1. The molecule has 3 aliphatic rings. The predicted octanol–water partition coefficient (Wildman–Crippen LogP) is 2.31. The lowest BCUT2D eigenvalue weighted by atomic mass is 9.71. The van der Waals surface area contributed by atoms with Crippen LogP contribution in [0.3, 0.4) is 0 Å². The van der Waals surface area contributed by atoms with Crippen molar-refractivity contribution < 1.29 is 14.0 Å². The maximum Gasteiger partial charge on any atom is 0.260 e. The van der Waals surface area contributed by atoms with Crippen molar-refractivity contribution in [2.45, 2.75) is 50.7 Å². The molecule has 0 atom stereocenters. The van der Waals surface area contributed by atoms with E-state index in [1.807, 2.05) is 17.0 Å². The number of likely N-dealkylation sites (tertiary alicyclic amines) is 2. The van der Waals surface area contributed by atoms with Crippen molar-refractivity contribution in [2.24, 2.45) is 5.41 Å². The number of pyridine rings is 1. The molecule has 134 valence electrons. The van der Waals surface area contributed by atoms with Crippen molar-refractivity contribution in [1.82, 2.24) is 14.8 Å². The molecule has 0 N–H and O–H groups in total. The summed E-state index contributed by atoms with van der Waals surface area (Å²) in [5.74, 6) is -0.164. The molecule has 0 radical (unpaired) electrons. The predicted molar refractivity (Wildman–Crippen MR) is 90.2 cm³/mol. The minimum Gasteiger partial charge on any atom is -0.340 e. The van der Waals surface area contributed by atoms with Crippen molar-refractivity contribution >= 4 is 11.8 Å². The third kappa shape index (κ3) is 3.02. The summed E-state index contributed by atoms with van der Waals surface area (Å²) in [6, 6.07) is 3.87. The maximum absolute atomic E-state index is 14.0. The lowest BCUT2D eigenvalue weighted by Gasteiger charge is -2.46. The van der Waals surface area contributed by atoms with E-state index in [-0.39, 0.29) is 17.2 Å². The summed E-state index contributed by atoms with van der Waals surface area (Å²) in [4.78, 5) is 32.9. The van der Waals surface area contributed by atoms with Gasteiger partial charge in [0.15, 0.2) is 5.67 Å². The van der Waals surface area contributed by atoms with Gasteiger partial charge in [-0.3, -0.25) is 14.6 Å². The van der Waals surface area contributed by atoms with E-state index in [2.05, 4.69) is 4.98 Å². The van der Waals surface area contributed by atoms with E-state index in [1.54, 1.807) is 17.3 Å². The lowest BCUT2D eigenvalue weighted by molar-refractivity contribution is -0.154. The van der Waals surface area contributed by atoms with Gasteiger partial charge in [0.05, 0.1) is 5.41 Å². The van der Waals surface area contributed by atoms with Crippen molar-refractivity contribution in [3.8, 4) is 0 Å². The van der Waals surface area contributed by atoms with Crippen LogP contribution in [-0.2, 0) is 16.1 Å². The average Bonchev–Trinajstić information content (AvgIpc) is 3.39. The second-order valence-corrected chi connectivity index (χ2v) is 7.72. The van der Waals surface area contributed by atoms with Crippen LogP contribution >= 0.6 is 0 Å². The first-order valence-electron chi connectivity index (χ1n) is 9.19. The number of carbonyl (C=O) groups is 2. The molecule has 2 aliphatic heterocycles. The lowest BCUT2D eigenvalue weighted by Crippen LogP contribution is -2.55. The molecule has 2 saturated heterocycles. The van der Waals surface area contributed by atoms with E-state index >= 15 is 0 Å². The monoisotopic (exact) mass is 345 g/mol. The van der Waals surface area contributed by atoms with Crippen molar-refractivity contribution in [2.75, 3.05) is 19.6 Å². The zero-order valence-electron chi connectivity index (χ0n) is 14.4. The van der Waals surface area contributed by atoms with Crippen LogP contribution < -0.4 is 0 Å². The first kappa shape index (κ1) is 16.5. The van der Waals surface area contributed by atoms with Crippen LogP contribution in [0.4, 0.5) is 4.39 Å². The van der Waals surface area contributed by atoms with Crippen molar-refractivity contribution in [3.05, 3.63) is 30.1 Å². The summed E-state index contributed by atoms with van der Waals surface area (Å²) in [7, 11) is 0. The zero-order chi connectivity index (χ0) is 17.5. The number of amides is 2. The molecule has 4 rings (SSSR count). The van der Waals surface area contributed by atoms with Crippen molar-refractivity contribution in [1.29, 1.82) is 0 Å². The highest BCUT2D eigenvalue weighted by Gasteiger charge is 2.54. The highest BCUT2D eigenvalue weighted by atomic mass is 19.1. The van der Waals surface area contributed by atoms with E-state index in [4.69, 9.17) is 0 Å². The third-order valence-corrected chi connectivity index (χ3v) is 6.03. The molecule has 6 heteroatoms. The van der Waals surface area contributed by atoms with Crippen LogP contribution in [-0.4, -0.2) is 51.9 Å². The molecule has 1 spiro atoms. The SMILES string of the molecule is O=C(N1CCC2(CCCN(Cc3ccncc3)C2=O)CC1)C1(F)CC1. The Morgan fingerprint density at radius 3 is 2.40 bits per heavy atom. The number of alkyl halides is 1. The first-order chi connectivity index (χ1) is 12.0. The van der Waals surface area contributed by atoms with Gasteiger partial charge in [0.2, 0.25) is 5.91 Å². The summed E-state index contributed by atoms with van der Waals surface area (Å²) < 4.78 is 14.0. The number of hydrogen-bond acceptors (Lipinski definition) is 3. The minimum absolute atomic E-state index is 0.198. The molecule has 2 amide bonds. The Hall–Kier alpha value is -1.98. The average molecular weight is 345 g/mol. The molecule has 3 fully saturated rings. The van der Waals surface area contributed by atoms with Crippen LogP contribution in [0.15, 0.2) is 24.5 Å². The van der Waals surface area contributed by atoms with E-state index < -0.39 is 5.67 Å². The van der Waals surface area contributed by atoms with Crippen LogP contribution in [0.5, 0.6) is 0 Å². The molecule has 3 heterocycles. The molecule has 25 heavy (non-hydrogen) atoms. The van der Waals surface area contributed by atoms with Gasteiger partial charge in [-0.15, -0.1) is 0 Å². The number of nitrogens with zero attached hydrogens (tertiary/aromatic N) is 3. The number of carbonyl (C=O) groups excluding carboxylic acids is 2. The van der Waals surface area contributed by atoms with Gasteiger partial charge in [0.25, 0.3) is 5.91 Å². The van der Waals surface area contributed by atoms with Gasteiger partial charge < -0.3 is 9.80 Å². The van der Waals surface area contributed by atoms with Gasteiger partial charge >= 0.3 is 0 Å². The number of rotatable bonds is 3. The van der Waals surface area contributed by atoms with Gasteiger partial charge in [-0.05, 0) is 56.2 Å². The Morgan fingerprint density at radius 2 is 1.76 bits per heavy atom. The molecule has 5 nitrogen and oxygen atoms in total. The Labute approximate surface area is 147 Å². The van der Waals surface area contributed by atoms with Gasteiger partial charge in [-0.1, -0.05) is 0 Å². The molecular weight excluding hydrogens is 321 g/mol. The zero-order valence-corrected chi connectivity index (χ0v) is 14.4. The normalized spacial score (nSPS) is 24.4. The van der Waals surface area contributed by atoms with E-state index in [9.17, 15) is 14.0 Å². The van der Waals surface area contributed by atoms with Gasteiger partial charge in [0, 0.05) is 38.6 Å². The first-order valence-corrected chi connectivity index (χ1v) is 9.19. The van der Waals surface area contributed by atoms with E-state index in [0.717, 1.165) is 24.9 Å². The third-order valence-electron chi connectivity index (χ3n) is 6.03. The summed E-state index contributed by atoms with van der Waals surface area (Å²) in [5, 5.41) is 0. The van der Waals surface area contributed by atoms with E-state index in [0.29, 0.717) is 45.3 Å². The topological polar surface area (TPSA) is 53.5 Å². The summed E-state index contributed by atoms with van der Waals surface area (Å²) in [5.41, 5.74) is -0.884. The van der Waals surface area contributed by atoms with Gasteiger partial charge in [-0.25, -0.2) is 4.39 Å². The number of hydrogen-bond donors (Lipinski definition) is 0. The molecular formula is C19H24FN3O2. The molecule has 0 bridgehead atoms. The summed E-state index contributed by atoms with van der Waals surface area (Å²) in [6.07, 6.45) is 7.36. The smallest absolute Gasteiger partial charge is 0.260 e. The second-order valence-electron chi connectivity index (χ2n) is 7.72. The molecule has 1 aromatic heterocycles. The van der Waals surface area contributed by atoms with Crippen molar-refractivity contribution in [3.63, 3.8) is 0 Å². The highest BCUT2D eigenvalue weighted by molar-refractivity contribution is 5.89. The molecule has 1 aromatic rings. The maximum atomic E-state index is 14.0. The Balaban J connectivity index is 1.42. The van der Waals surface area contributed by atoms with Gasteiger partial charge in [-0.2, -0.15) is 0 Å². The molecule has 0 unspecified atom stereocenters. The fourth-order valence-electron chi connectivity index (χ4n) is 4.22. The molecule has 1 saturated carbocycles. The van der Waals surface area contributed by atoms with Crippen LogP contribution in [0.1, 0.15) is 44.1 Å². The summed E-state index contributed by atoms with van der Waals surface area (Å²) >= 11 is 0. The van der Waals surface area contributed by atoms with Crippen LogP contribution in [0.25, 0.3) is 0 Å². The quantitative estimate of drug-likeness (QED) is 0.845. The molecule has 1 aliphatic carbocycles. The highest BCUT2D eigenvalue weighted by Crippen LogP contribution is 2.45. The fraction of sp³-hybridized carbons (Fsp3) is 0.632.